The number of pyridine rings is 1. The number of benzene rings is 2. The maximum atomic E-state index is 12.2. The molecule has 0 bridgehead atoms. The first-order valence-corrected chi connectivity index (χ1v) is 9.20. The lowest BCUT2D eigenvalue weighted by Crippen LogP contribution is -2.27. The number of aromatic nitrogens is 1. The molecule has 0 fully saturated rings. The summed E-state index contributed by atoms with van der Waals surface area (Å²) in [6, 6.07) is 13.9. The van der Waals surface area contributed by atoms with Gasteiger partial charge in [-0.3, -0.25) is 4.79 Å². The molecule has 0 unspecified atom stereocenters. The summed E-state index contributed by atoms with van der Waals surface area (Å²) in [5.74, 6) is 0.780. The number of methoxy groups -OCH3 is 1. The van der Waals surface area contributed by atoms with Crippen LogP contribution in [0.5, 0.6) is 5.75 Å². The van der Waals surface area contributed by atoms with Crippen LogP contribution in [0.15, 0.2) is 42.5 Å². The second-order valence-electron chi connectivity index (χ2n) is 6.79. The van der Waals surface area contributed by atoms with E-state index in [-0.39, 0.29) is 5.91 Å². The Bertz CT molecular complexity index is 984. The van der Waals surface area contributed by atoms with Crippen molar-refractivity contribution < 1.29 is 9.53 Å². The average molecular weight is 383 g/mol. The van der Waals surface area contributed by atoms with Gasteiger partial charge in [-0.25, -0.2) is 4.98 Å². The smallest absolute Gasteiger partial charge is 0.220 e. The van der Waals surface area contributed by atoms with E-state index in [1.54, 1.807) is 18.9 Å². The van der Waals surface area contributed by atoms with Crippen molar-refractivity contribution in [2.24, 2.45) is 0 Å². The van der Waals surface area contributed by atoms with Crippen LogP contribution >= 0.6 is 11.6 Å². The van der Waals surface area contributed by atoms with Crippen LogP contribution in [0.1, 0.15) is 29.2 Å². The second-order valence-corrected chi connectivity index (χ2v) is 7.15. The predicted octanol–water partition coefficient (Wildman–Crippen LogP) is 5.06. The first kappa shape index (κ1) is 19.2. The molecule has 140 valence electrons. The van der Waals surface area contributed by atoms with Crippen LogP contribution in [0.4, 0.5) is 0 Å². The van der Waals surface area contributed by atoms with Gasteiger partial charge in [-0.05, 0) is 60.9 Å². The van der Waals surface area contributed by atoms with E-state index in [0.29, 0.717) is 18.2 Å². The van der Waals surface area contributed by atoms with E-state index in [1.807, 2.05) is 36.4 Å². The normalized spacial score (nSPS) is 10.9. The van der Waals surface area contributed by atoms with E-state index in [0.717, 1.165) is 27.8 Å². The minimum Gasteiger partial charge on any atom is -0.497 e. The van der Waals surface area contributed by atoms with Gasteiger partial charge in [0.15, 0.2) is 0 Å². The molecule has 0 atom stereocenters. The Morgan fingerprint density at radius 3 is 2.37 bits per heavy atom. The first-order chi connectivity index (χ1) is 12.9. The molecule has 1 aromatic heterocycles. The molecule has 0 aliphatic carbocycles. The largest absolute Gasteiger partial charge is 0.497 e. The standard InChI is InChI=1S/C22H23ClN2O2/c1-14-9-18-11-19(22(23)24-21(18)10-15(14)2)13-25(16(3)26)12-17-5-7-20(27-4)8-6-17/h5-11H,12-13H2,1-4H3. The maximum absolute atomic E-state index is 12.2. The number of fused-ring (bicyclic) bond motifs is 1. The monoisotopic (exact) mass is 382 g/mol. The third-order valence-corrected chi connectivity index (χ3v) is 5.12. The number of hydrogen-bond donors (Lipinski definition) is 0. The maximum Gasteiger partial charge on any atom is 0.220 e. The summed E-state index contributed by atoms with van der Waals surface area (Å²) >= 11 is 6.42. The number of nitrogens with zero attached hydrogens (tertiary/aromatic N) is 2. The van der Waals surface area contributed by atoms with Gasteiger partial charge in [0.2, 0.25) is 5.91 Å². The number of carbonyl (C=O) groups is 1. The van der Waals surface area contributed by atoms with Crippen molar-refractivity contribution in [1.82, 2.24) is 9.88 Å². The fraction of sp³-hybridized carbons (Fsp3) is 0.273. The number of ether oxygens (including phenoxy) is 1. The number of hydrogen-bond acceptors (Lipinski definition) is 3. The summed E-state index contributed by atoms with van der Waals surface area (Å²) in [4.78, 5) is 18.5. The zero-order valence-electron chi connectivity index (χ0n) is 16.0. The van der Waals surface area contributed by atoms with Gasteiger partial charge in [0.05, 0.1) is 12.6 Å². The van der Waals surface area contributed by atoms with Gasteiger partial charge in [0.25, 0.3) is 0 Å². The molecule has 0 aliphatic heterocycles. The van der Waals surface area contributed by atoms with Gasteiger partial charge in [-0.2, -0.15) is 0 Å². The van der Waals surface area contributed by atoms with Gasteiger partial charge in [0, 0.05) is 31.0 Å². The second kappa shape index (κ2) is 7.97. The Balaban J connectivity index is 1.88. The molecule has 0 saturated heterocycles. The van der Waals surface area contributed by atoms with Crippen LogP contribution in [-0.2, 0) is 17.9 Å². The molecule has 1 amide bonds. The third kappa shape index (κ3) is 4.40. The topological polar surface area (TPSA) is 42.4 Å². The van der Waals surface area contributed by atoms with Crippen LogP contribution in [0.2, 0.25) is 5.15 Å². The Morgan fingerprint density at radius 2 is 1.74 bits per heavy atom. The molecule has 4 nitrogen and oxygen atoms in total. The number of halogens is 1. The van der Waals surface area contributed by atoms with E-state index in [2.05, 4.69) is 24.9 Å². The van der Waals surface area contributed by atoms with Crippen molar-refractivity contribution in [1.29, 1.82) is 0 Å². The summed E-state index contributed by atoms with van der Waals surface area (Å²) in [7, 11) is 1.63. The molecular formula is C22H23ClN2O2. The molecule has 0 N–H and O–H groups in total. The minimum atomic E-state index is -0.0120. The van der Waals surface area contributed by atoms with E-state index in [1.165, 1.54) is 11.1 Å². The Kier molecular flexibility index (Phi) is 5.66. The van der Waals surface area contributed by atoms with Crippen molar-refractivity contribution in [2.45, 2.75) is 33.9 Å². The summed E-state index contributed by atoms with van der Waals surface area (Å²) in [5.41, 5.74) is 5.14. The van der Waals surface area contributed by atoms with Crippen molar-refractivity contribution in [2.75, 3.05) is 7.11 Å². The molecule has 0 radical (unpaired) electrons. The highest BCUT2D eigenvalue weighted by molar-refractivity contribution is 6.30. The highest BCUT2D eigenvalue weighted by atomic mass is 35.5. The zero-order valence-corrected chi connectivity index (χ0v) is 16.8. The molecule has 3 rings (SSSR count). The lowest BCUT2D eigenvalue weighted by Gasteiger charge is -2.22. The molecule has 27 heavy (non-hydrogen) atoms. The Morgan fingerprint density at radius 1 is 1.07 bits per heavy atom. The zero-order chi connectivity index (χ0) is 19.6. The first-order valence-electron chi connectivity index (χ1n) is 8.82. The van der Waals surface area contributed by atoms with Crippen LogP contribution in [-0.4, -0.2) is 22.9 Å². The third-order valence-electron chi connectivity index (χ3n) is 4.80. The molecule has 5 heteroatoms. The molecule has 3 aromatic rings. The predicted molar refractivity (Wildman–Crippen MR) is 109 cm³/mol. The van der Waals surface area contributed by atoms with Crippen molar-refractivity contribution in [3.63, 3.8) is 0 Å². The minimum absolute atomic E-state index is 0.0120. The van der Waals surface area contributed by atoms with E-state index in [9.17, 15) is 4.79 Å². The highest BCUT2D eigenvalue weighted by Gasteiger charge is 2.14. The Labute approximate surface area is 164 Å². The van der Waals surface area contributed by atoms with E-state index < -0.39 is 0 Å². The molecule has 0 aliphatic rings. The van der Waals surface area contributed by atoms with Gasteiger partial charge >= 0.3 is 0 Å². The summed E-state index contributed by atoms with van der Waals surface area (Å²) in [6.07, 6.45) is 0. The fourth-order valence-electron chi connectivity index (χ4n) is 3.01. The van der Waals surface area contributed by atoms with E-state index in [4.69, 9.17) is 16.3 Å². The van der Waals surface area contributed by atoms with Crippen molar-refractivity contribution >= 4 is 28.4 Å². The van der Waals surface area contributed by atoms with Crippen molar-refractivity contribution in [3.8, 4) is 5.75 Å². The summed E-state index contributed by atoms with van der Waals surface area (Å²) < 4.78 is 5.19. The van der Waals surface area contributed by atoms with Crippen LogP contribution in [0, 0.1) is 13.8 Å². The summed E-state index contributed by atoms with van der Waals surface area (Å²) in [5, 5.41) is 1.47. The quantitative estimate of drug-likeness (QED) is 0.579. The number of aryl methyl sites for hydroxylation is 2. The van der Waals surface area contributed by atoms with Gasteiger partial charge in [-0.15, -0.1) is 0 Å². The number of carbonyl (C=O) groups excluding carboxylic acids is 1. The van der Waals surface area contributed by atoms with E-state index >= 15 is 0 Å². The molecule has 2 aromatic carbocycles. The van der Waals surface area contributed by atoms with Crippen LogP contribution in [0.25, 0.3) is 10.9 Å². The SMILES string of the molecule is COc1ccc(CN(Cc2cc3cc(C)c(C)cc3nc2Cl)C(C)=O)cc1. The molecular weight excluding hydrogens is 360 g/mol. The fourth-order valence-corrected chi connectivity index (χ4v) is 3.21. The van der Waals surface area contributed by atoms with Crippen molar-refractivity contribution in [3.05, 3.63) is 69.9 Å². The molecule has 0 saturated carbocycles. The molecule has 1 heterocycles. The van der Waals surface area contributed by atoms with Crippen LogP contribution < -0.4 is 4.74 Å². The highest BCUT2D eigenvalue weighted by Crippen LogP contribution is 2.25. The van der Waals surface area contributed by atoms with Crippen LogP contribution in [0.3, 0.4) is 0 Å². The molecule has 0 spiro atoms. The number of amides is 1. The van der Waals surface area contributed by atoms with Gasteiger partial charge in [-0.1, -0.05) is 23.7 Å². The Hall–Kier alpha value is -2.59. The van der Waals surface area contributed by atoms with Gasteiger partial charge in [0.1, 0.15) is 10.9 Å². The lowest BCUT2D eigenvalue weighted by atomic mass is 10.0. The lowest BCUT2D eigenvalue weighted by molar-refractivity contribution is -0.130. The average Bonchev–Trinajstić information content (AvgIpc) is 2.64. The number of rotatable bonds is 5. The summed E-state index contributed by atoms with van der Waals surface area (Å²) in [6.45, 7) is 6.62. The van der Waals surface area contributed by atoms with Gasteiger partial charge < -0.3 is 9.64 Å².